The highest BCUT2D eigenvalue weighted by molar-refractivity contribution is 9.10. The summed E-state index contributed by atoms with van der Waals surface area (Å²) >= 11 is 9.58. The quantitative estimate of drug-likeness (QED) is 0.724. The first-order valence-electron chi connectivity index (χ1n) is 6.70. The van der Waals surface area contributed by atoms with Crippen LogP contribution in [0.4, 0.5) is 5.69 Å². The van der Waals surface area contributed by atoms with Crippen molar-refractivity contribution in [3.05, 3.63) is 63.1 Å². The van der Waals surface area contributed by atoms with Gasteiger partial charge in [-0.15, -0.1) is 0 Å². The van der Waals surface area contributed by atoms with Gasteiger partial charge in [0.1, 0.15) is 0 Å². The highest BCUT2D eigenvalue weighted by atomic mass is 79.9. The first kappa shape index (κ1) is 12.7. The zero-order valence-corrected chi connectivity index (χ0v) is 13.1. The number of nitrogens with zero attached hydrogens (tertiary/aromatic N) is 1. The van der Waals surface area contributed by atoms with Crippen LogP contribution in [0.25, 0.3) is 0 Å². The molecule has 0 radical (unpaired) electrons. The van der Waals surface area contributed by atoms with Crippen LogP contribution in [0.5, 0.6) is 0 Å². The first-order valence-corrected chi connectivity index (χ1v) is 7.88. The summed E-state index contributed by atoms with van der Waals surface area (Å²) in [5.74, 6) is 0. The third-order valence-corrected chi connectivity index (χ3v) is 4.78. The molecule has 2 aliphatic rings. The Morgan fingerprint density at radius 1 is 1.15 bits per heavy atom. The fraction of sp³-hybridized carbons (Fsp3) is 0.250. The molecule has 1 fully saturated rings. The smallest absolute Gasteiger partial charge is 0.0921 e. The van der Waals surface area contributed by atoms with Gasteiger partial charge in [-0.2, -0.15) is 0 Å². The molecule has 0 N–H and O–H groups in total. The third-order valence-electron chi connectivity index (χ3n) is 4.01. The maximum absolute atomic E-state index is 6.10. The van der Waals surface area contributed by atoms with Crippen LogP contribution in [0.3, 0.4) is 0 Å². The lowest BCUT2D eigenvalue weighted by Gasteiger charge is -2.30. The molecule has 2 nitrogen and oxygen atoms in total. The molecule has 0 aromatic heterocycles. The lowest BCUT2D eigenvalue weighted by Crippen LogP contribution is -2.27. The molecule has 2 aliphatic heterocycles. The van der Waals surface area contributed by atoms with E-state index in [-0.39, 0.29) is 12.1 Å². The van der Waals surface area contributed by atoms with Crippen molar-refractivity contribution in [1.82, 2.24) is 0 Å². The Kier molecular flexibility index (Phi) is 3.02. The minimum Gasteiger partial charge on any atom is -0.269 e. The summed E-state index contributed by atoms with van der Waals surface area (Å²) in [5, 5.41) is 2.86. The summed E-state index contributed by atoms with van der Waals surface area (Å²) in [5.41, 5.74) is 3.72. The van der Waals surface area contributed by atoms with Gasteiger partial charge in [-0.25, -0.2) is 5.06 Å². The molecule has 0 spiro atoms. The van der Waals surface area contributed by atoms with Crippen LogP contribution in [-0.4, -0.2) is 6.10 Å². The average molecular weight is 351 g/mol. The third kappa shape index (κ3) is 2.05. The molecule has 2 bridgehead atoms. The molecule has 4 rings (SSSR count). The van der Waals surface area contributed by atoms with Crippen LogP contribution in [0, 0.1) is 0 Å². The first-order chi connectivity index (χ1) is 9.70. The number of fused-ring (bicyclic) bond motifs is 4. The Morgan fingerprint density at radius 2 is 1.95 bits per heavy atom. The molecule has 2 heterocycles. The van der Waals surface area contributed by atoms with E-state index in [2.05, 4.69) is 57.4 Å². The van der Waals surface area contributed by atoms with Crippen molar-refractivity contribution in [3.63, 3.8) is 0 Å². The van der Waals surface area contributed by atoms with Gasteiger partial charge in [-0.1, -0.05) is 39.7 Å². The molecule has 1 saturated heterocycles. The Balaban J connectivity index is 1.75. The second-order valence-electron chi connectivity index (χ2n) is 5.33. The molecule has 2 atom stereocenters. The van der Waals surface area contributed by atoms with E-state index in [1.807, 2.05) is 6.07 Å². The topological polar surface area (TPSA) is 12.5 Å². The zero-order chi connectivity index (χ0) is 13.7. The van der Waals surface area contributed by atoms with Crippen LogP contribution >= 0.6 is 27.5 Å². The van der Waals surface area contributed by atoms with E-state index in [1.165, 1.54) is 11.1 Å². The van der Waals surface area contributed by atoms with E-state index < -0.39 is 0 Å². The molecule has 0 aliphatic carbocycles. The second-order valence-corrected chi connectivity index (χ2v) is 6.69. The van der Waals surface area contributed by atoms with E-state index in [1.54, 1.807) is 0 Å². The van der Waals surface area contributed by atoms with Crippen molar-refractivity contribution in [2.24, 2.45) is 0 Å². The molecular formula is C16H13BrClNO. The van der Waals surface area contributed by atoms with Crippen LogP contribution in [0.1, 0.15) is 23.6 Å². The SMILES string of the molecule is Clc1ccc2c(c1)C[C@H]1C[C@@H](c3ccc(Br)cc3)N2O1. The predicted octanol–water partition coefficient (Wildman–Crippen LogP) is 4.91. The fourth-order valence-corrected chi connectivity index (χ4v) is 3.56. The van der Waals surface area contributed by atoms with Crippen LogP contribution in [-0.2, 0) is 11.3 Å². The monoisotopic (exact) mass is 349 g/mol. The summed E-state index contributed by atoms with van der Waals surface area (Å²) in [7, 11) is 0. The van der Waals surface area contributed by atoms with Crippen molar-refractivity contribution < 1.29 is 4.84 Å². The summed E-state index contributed by atoms with van der Waals surface area (Å²) < 4.78 is 1.10. The van der Waals surface area contributed by atoms with Gasteiger partial charge in [0.15, 0.2) is 0 Å². The summed E-state index contributed by atoms with van der Waals surface area (Å²) in [6.07, 6.45) is 2.22. The lowest BCUT2D eigenvalue weighted by atomic mass is 10.0. The second kappa shape index (κ2) is 4.76. The van der Waals surface area contributed by atoms with Gasteiger partial charge in [0.2, 0.25) is 0 Å². The molecule has 2 aromatic rings. The minimum absolute atomic E-state index is 0.259. The number of benzene rings is 2. The van der Waals surface area contributed by atoms with Gasteiger partial charge >= 0.3 is 0 Å². The van der Waals surface area contributed by atoms with Crippen molar-refractivity contribution >= 4 is 33.2 Å². The van der Waals surface area contributed by atoms with E-state index in [4.69, 9.17) is 16.4 Å². The Hall–Kier alpha value is -1.03. The average Bonchev–Trinajstić information content (AvgIpc) is 2.78. The molecular weight excluding hydrogens is 338 g/mol. The maximum atomic E-state index is 6.10. The van der Waals surface area contributed by atoms with Gasteiger partial charge < -0.3 is 0 Å². The number of hydrogen-bond acceptors (Lipinski definition) is 2. The van der Waals surface area contributed by atoms with E-state index in [0.29, 0.717) is 0 Å². The Morgan fingerprint density at radius 3 is 2.75 bits per heavy atom. The molecule has 2 aromatic carbocycles. The number of rotatable bonds is 1. The number of anilines is 1. The van der Waals surface area contributed by atoms with Crippen molar-refractivity contribution in [3.8, 4) is 0 Å². The summed E-state index contributed by atoms with van der Waals surface area (Å²) in [4.78, 5) is 6.04. The lowest BCUT2D eigenvalue weighted by molar-refractivity contribution is 0.0734. The van der Waals surface area contributed by atoms with Gasteiger partial charge in [-0.05, 0) is 41.5 Å². The molecule has 102 valence electrons. The predicted molar refractivity (Wildman–Crippen MR) is 84.0 cm³/mol. The van der Waals surface area contributed by atoms with Gasteiger partial charge in [0, 0.05) is 22.3 Å². The molecule has 20 heavy (non-hydrogen) atoms. The number of hydroxylamine groups is 1. The van der Waals surface area contributed by atoms with Gasteiger partial charge in [-0.3, -0.25) is 4.84 Å². The van der Waals surface area contributed by atoms with Crippen molar-refractivity contribution in [1.29, 1.82) is 0 Å². The van der Waals surface area contributed by atoms with Crippen LogP contribution in [0.15, 0.2) is 46.9 Å². The van der Waals surface area contributed by atoms with Gasteiger partial charge in [0.25, 0.3) is 0 Å². The number of hydrogen-bond donors (Lipinski definition) is 0. The minimum atomic E-state index is 0.259. The van der Waals surface area contributed by atoms with Gasteiger partial charge in [0.05, 0.1) is 17.8 Å². The molecule has 0 saturated carbocycles. The number of halogens is 2. The highest BCUT2D eigenvalue weighted by Gasteiger charge is 2.39. The van der Waals surface area contributed by atoms with E-state index in [9.17, 15) is 0 Å². The molecule has 0 unspecified atom stereocenters. The standard InChI is InChI=1S/C16H13BrClNO/c17-12-3-1-10(2-4-12)16-9-14-8-11-7-13(18)5-6-15(11)19(16)20-14/h1-7,14,16H,8-9H2/t14-,16-/m0/s1. The van der Waals surface area contributed by atoms with E-state index >= 15 is 0 Å². The normalized spacial score (nSPS) is 23.8. The van der Waals surface area contributed by atoms with Crippen molar-refractivity contribution in [2.45, 2.75) is 25.0 Å². The highest BCUT2D eigenvalue weighted by Crippen LogP contribution is 2.45. The fourth-order valence-electron chi connectivity index (χ4n) is 3.10. The Labute approximate surface area is 131 Å². The zero-order valence-electron chi connectivity index (χ0n) is 10.7. The summed E-state index contributed by atoms with van der Waals surface area (Å²) in [6.45, 7) is 0. The molecule has 0 amide bonds. The van der Waals surface area contributed by atoms with Crippen molar-refractivity contribution in [2.75, 3.05) is 5.06 Å². The summed E-state index contributed by atoms with van der Waals surface area (Å²) in [6, 6.07) is 14.8. The maximum Gasteiger partial charge on any atom is 0.0921 e. The molecule has 4 heteroatoms. The largest absolute Gasteiger partial charge is 0.269 e. The van der Waals surface area contributed by atoms with Crippen LogP contribution < -0.4 is 5.06 Å². The Bertz CT molecular complexity index is 658. The van der Waals surface area contributed by atoms with E-state index in [0.717, 1.165) is 28.0 Å². The van der Waals surface area contributed by atoms with Crippen LogP contribution in [0.2, 0.25) is 5.02 Å².